The summed E-state index contributed by atoms with van der Waals surface area (Å²) in [6.07, 6.45) is -0.523. The SMILES string of the molecule is CCO[C@@H](Cc1ccc(O)c(I)c1)C(=O)O. The van der Waals surface area contributed by atoms with Crippen LogP contribution < -0.4 is 0 Å². The maximum atomic E-state index is 10.9. The Labute approximate surface area is 107 Å². The highest BCUT2D eigenvalue weighted by Gasteiger charge is 2.18. The van der Waals surface area contributed by atoms with E-state index in [9.17, 15) is 9.90 Å². The fraction of sp³-hybridized carbons (Fsp3) is 0.364. The lowest BCUT2D eigenvalue weighted by molar-refractivity contribution is -0.149. The van der Waals surface area contributed by atoms with E-state index >= 15 is 0 Å². The lowest BCUT2D eigenvalue weighted by Crippen LogP contribution is -2.26. The zero-order valence-corrected chi connectivity index (χ0v) is 11.0. The molecule has 0 amide bonds. The van der Waals surface area contributed by atoms with Crippen LogP contribution in [0.2, 0.25) is 0 Å². The Kier molecular flexibility index (Phi) is 5.01. The molecule has 0 aromatic heterocycles. The zero-order valence-electron chi connectivity index (χ0n) is 8.81. The van der Waals surface area contributed by atoms with Gasteiger partial charge in [0.05, 0.1) is 3.57 Å². The number of benzene rings is 1. The molecule has 88 valence electrons. The molecule has 16 heavy (non-hydrogen) atoms. The Balaban J connectivity index is 2.77. The van der Waals surface area contributed by atoms with Gasteiger partial charge in [0, 0.05) is 13.0 Å². The molecule has 1 atom stereocenters. The van der Waals surface area contributed by atoms with Crippen molar-refractivity contribution in [3.8, 4) is 5.75 Å². The molecule has 1 rings (SSSR count). The summed E-state index contributed by atoms with van der Waals surface area (Å²) in [6, 6.07) is 5.01. The van der Waals surface area contributed by atoms with Gasteiger partial charge in [0.25, 0.3) is 0 Å². The van der Waals surface area contributed by atoms with Crippen LogP contribution in [0.4, 0.5) is 0 Å². The molecule has 5 heteroatoms. The van der Waals surface area contributed by atoms with Crippen molar-refractivity contribution in [3.05, 3.63) is 27.3 Å². The molecule has 0 unspecified atom stereocenters. The smallest absolute Gasteiger partial charge is 0.333 e. The van der Waals surface area contributed by atoms with Crippen molar-refractivity contribution in [1.29, 1.82) is 0 Å². The maximum absolute atomic E-state index is 10.9. The van der Waals surface area contributed by atoms with Crippen molar-refractivity contribution in [2.24, 2.45) is 0 Å². The molecule has 0 bridgehead atoms. The van der Waals surface area contributed by atoms with Gasteiger partial charge >= 0.3 is 5.97 Å². The molecule has 2 N–H and O–H groups in total. The normalized spacial score (nSPS) is 12.4. The molecule has 0 saturated carbocycles. The minimum absolute atomic E-state index is 0.202. The second kappa shape index (κ2) is 6.05. The summed E-state index contributed by atoms with van der Waals surface area (Å²) in [7, 11) is 0. The van der Waals surface area contributed by atoms with Crippen molar-refractivity contribution in [2.75, 3.05) is 6.61 Å². The first-order valence-electron chi connectivity index (χ1n) is 4.86. The molecule has 0 saturated heterocycles. The summed E-state index contributed by atoms with van der Waals surface area (Å²) >= 11 is 2.00. The molecule has 0 aliphatic heterocycles. The molecule has 1 aromatic rings. The lowest BCUT2D eigenvalue weighted by atomic mass is 10.1. The predicted octanol–water partition coefficient (Wildman–Crippen LogP) is 2.03. The molecule has 4 nitrogen and oxygen atoms in total. The van der Waals surface area contributed by atoms with Crippen LogP contribution in [0.15, 0.2) is 18.2 Å². The van der Waals surface area contributed by atoms with Gasteiger partial charge in [-0.1, -0.05) is 6.07 Å². The minimum Gasteiger partial charge on any atom is -0.507 e. The van der Waals surface area contributed by atoms with Gasteiger partial charge in [0.1, 0.15) is 5.75 Å². The van der Waals surface area contributed by atoms with E-state index in [1.165, 1.54) is 0 Å². The molecule has 0 spiro atoms. The van der Waals surface area contributed by atoms with E-state index in [-0.39, 0.29) is 5.75 Å². The highest BCUT2D eigenvalue weighted by molar-refractivity contribution is 14.1. The number of carboxylic acid groups (broad SMARTS) is 1. The van der Waals surface area contributed by atoms with Crippen LogP contribution in [0.5, 0.6) is 5.75 Å². The molecular formula is C11H13IO4. The molecule has 0 aliphatic carbocycles. The second-order valence-electron chi connectivity index (χ2n) is 3.27. The van der Waals surface area contributed by atoms with Crippen LogP contribution in [-0.2, 0) is 16.0 Å². The predicted molar refractivity (Wildman–Crippen MR) is 67.6 cm³/mol. The van der Waals surface area contributed by atoms with Crippen LogP contribution in [-0.4, -0.2) is 28.9 Å². The molecule has 0 heterocycles. The van der Waals surface area contributed by atoms with Gasteiger partial charge in [0.2, 0.25) is 0 Å². The number of aliphatic carboxylic acids is 1. The average Bonchev–Trinajstić information content (AvgIpc) is 2.22. The van der Waals surface area contributed by atoms with Crippen LogP contribution >= 0.6 is 22.6 Å². The van der Waals surface area contributed by atoms with Gasteiger partial charge in [-0.25, -0.2) is 4.79 Å². The van der Waals surface area contributed by atoms with E-state index in [2.05, 4.69) is 0 Å². The number of ether oxygens (including phenoxy) is 1. The van der Waals surface area contributed by atoms with Crippen molar-refractivity contribution >= 4 is 28.6 Å². The van der Waals surface area contributed by atoms with Crippen LogP contribution in [0.1, 0.15) is 12.5 Å². The summed E-state index contributed by atoms with van der Waals surface area (Å²) in [5.41, 5.74) is 0.836. The first-order valence-corrected chi connectivity index (χ1v) is 5.94. The maximum Gasteiger partial charge on any atom is 0.333 e. The monoisotopic (exact) mass is 336 g/mol. The van der Waals surface area contributed by atoms with Crippen molar-refractivity contribution in [2.45, 2.75) is 19.4 Å². The quantitative estimate of drug-likeness (QED) is 0.808. The van der Waals surface area contributed by atoms with Crippen molar-refractivity contribution in [3.63, 3.8) is 0 Å². The molecule has 0 radical (unpaired) electrons. The number of phenolic OH excluding ortho intramolecular Hbond substituents is 1. The summed E-state index contributed by atoms with van der Waals surface area (Å²) < 4.78 is 5.82. The Morgan fingerprint density at radius 3 is 2.75 bits per heavy atom. The molecular weight excluding hydrogens is 323 g/mol. The number of rotatable bonds is 5. The van der Waals surface area contributed by atoms with E-state index in [0.717, 1.165) is 5.56 Å². The van der Waals surface area contributed by atoms with Crippen LogP contribution in [0.25, 0.3) is 0 Å². The van der Waals surface area contributed by atoms with Gasteiger partial charge in [0.15, 0.2) is 6.10 Å². The van der Waals surface area contributed by atoms with Crippen molar-refractivity contribution < 1.29 is 19.7 Å². The van der Waals surface area contributed by atoms with Crippen molar-refractivity contribution in [1.82, 2.24) is 0 Å². The highest BCUT2D eigenvalue weighted by atomic mass is 127. The van der Waals surface area contributed by atoms with E-state index in [4.69, 9.17) is 9.84 Å². The van der Waals surface area contributed by atoms with E-state index in [1.54, 1.807) is 25.1 Å². The third-order valence-corrected chi connectivity index (χ3v) is 2.94. The molecule has 0 fully saturated rings. The first kappa shape index (κ1) is 13.2. The third-order valence-electron chi connectivity index (χ3n) is 2.08. The number of carbonyl (C=O) groups is 1. The Bertz CT molecular complexity index is 378. The first-order chi connectivity index (χ1) is 7.54. The standard InChI is InChI=1S/C11H13IO4/c1-2-16-10(11(14)15)6-7-3-4-9(13)8(12)5-7/h3-5,10,13H,2,6H2,1H3,(H,14,15)/t10-/m0/s1. The number of hydrogen-bond donors (Lipinski definition) is 2. The van der Waals surface area contributed by atoms with E-state index in [0.29, 0.717) is 16.6 Å². The number of aromatic hydroxyl groups is 1. The minimum atomic E-state index is -0.968. The zero-order chi connectivity index (χ0) is 12.1. The van der Waals surface area contributed by atoms with E-state index < -0.39 is 12.1 Å². The van der Waals surface area contributed by atoms with Crippen LogP contribution in [0, 0.1) is 3.57 Å². The average molecular weight is 336 g/mol. The number of hydrogen-bond acceptors (Lipinski definition) is 3. The van der Waals surface area contributed by atoms with Gasteiger partial charge in [-0.3, -0.25) is 0 Å². The largest absolute Gasteiger partial charge is 0.507 e. The summed E-state index contributed by atoms with van der Waals surface area (Å²) in [5, 5.41) is 18.2. The summed E-state index contributed by atoms with van der Waals surface area (Å²) in [6.45, 7) is 2.13. The highest BCUT2D eigenvalue weighted by Crippen LogP contribution is 2.21. The fourth-order valence-corrected chi connectivity index (χ4v) is 1.89. The Morgan fingerprint density at radius 1 is 1.56 bits per heavy atom. The van der Waals surface area contributed by atoms with E-state index in [1.807, 2.05) is 22.6 Å². The summed E-state index contributed by atoms with van der Waals surface area (Å²) in [4.78, 5) is 10.9. The molecule has 0 aliphatic rings. The van der Waals surface area contributed by atoms with Gasteiger partial charge in [-0.15, -0.1) is 0 Å². The number of phenols is 1. The topological polar surface area (TPSA) is 66.8 Å². The Morgan fingerprint density at radius 2 is 2.25 bits per heavy atom. The Hall–Kier alpha value is -0.820. The summed E-state index contributed by atoms with van der Waals surface area (Å²) in [5.74, 6) is -0.766. The lowest BCUT2D eigenvalue weighted by Gasteiger charge is -2.12. The fourth-order valence-electron chi connectivity index (χ4n) is 1.31. The second-order valence-corrected chi connectivity index (χ2v) is 4.43. The number of halogens is 1. The van der Waals surface area contributed by atoms with Crippen LogP contribution in [0.3, 0.4) is 0 Å². The van der Waals surface area contributed by atoms with Gasteiger partial charge in [-0.2, -0.15) is 0 Å². The van der Waals surface area contributed by atoms with Gasteiger partial charge < -0.3 is 14.9 Å². The number of carboxylic acids is 1. The van der Waals surface area contributed by atoms with Gasteiger partial charge in [-0.05, 0) is 47.2 Å². The molecule has 1 aromatic carbocycles. The third kappa shape index (κ3) is 3.64.